The Kier molecular flexibility index (Phi) is 5.28. The van der Waals surface area contributed by atoms with Gasteiger partial charge in [0, 0.05) is 24.7 Å². The summed E-state index contributed by atoms with van der Waals surface area (Å²) in [6, 6.07) is 8.89. The highest BCUT2D eigenvalue weighted by molar-refractivity contribution is 8.03. The van der Waals surface area contributed by atoms with Crippen LogP contribution in [0.2, 0.25) is 0 Å². The van der Waals surface area contributed by atoms with Crippen molar-refractivity contribution >= 4 is 58.5 Å². The van der Waals surface area contributed by atoms with Gasteiger partial charge in [0.05, 0.1) is 6.61 Å². The Hall–Kier alpha value is -0.370. The largest absolute Gasteiger partial charge is 0.381 e. The van der Waals surface area contributed by atoms with Crippen LogP contribution in [0, 0.1) is 0 Å². The molecule has 0 radical (unpaired) electrons. The maximum absolute atomic E-state index is 12.4. The molecule has 2 rings (SSSR count). The molecule has 5 nitrogen and oxygen atoms in total. The second-order valence-corrected chi connectivity index (χ2v) is 8.03. The van der Waals surface area contributed by atoms with Crippen molar-refractivity contribution in [3.8, 4) is 0 Å². The third-order valence-corrected chi connectivity index (χ3v) is 3.78. The van der Waals surface area contributed by atoms with Crippen molar-refractivity contribution in [1.29, 1.82) is 0 Å². The highest BCUT2D eigenvalue weighted by Crippen LogP contribution is 2.42. The number of anilines is 1. The van der Waals surface area contributed by atoms with Crippen molar-refractivity contribution in [2.75, 3.05) is 18.6 Å². The summed E-state index contributed by atoms with van der Waals surface area (Å²) in [5.41, 5.74) is 3.68. The fraction of sp³-hybridized carbons (Fsp3) is 0.364. The van der Waals surface area contributed by atoms with E-state index in [0.29, 0.717) is 6.61 Å². The van der Waals surface area contributed by atoms with E-state index in [1.54, 1.807) is 12.0 Å². The summed E-state index contributed by atoms with van der Waals surface area (Å²) >= 11 is 17.9. The quantitative estimate of drug-likeness (QED) is 0.663. The maximum atomic E-state index is 12.4. The molecular formula is C11H12Cl3N3O2S. The van der Waals surface area contributed by atoms with Crippen molar-refractivity contribution in [1.82, 2.24) is 9.84 Å². The van der Waals surface area contributed by atoms with Gasteiger partial charge < -0.3 is 4.74 Å². The van der Waals surface area contributed by atoms with Gasteiger partial charge in [-0.3, -0.25) is 4.90 Å². The second kappa shape index (κ2) is 6.60. The minimum absolute atomic E-state index is 0.303. The van der Waals surface area contributed by atoms with Gasteiger partial charge in [0.25, 0.3) is 3.12 Å². The van der Waals surface area contributed by atoms with E-state index >= 15 is 0 Å². The first-order valence-electron chi connectivity index (χ1n) is 5.61. The van der Waals surface area contributed by atoms with Crippen LogP contribution in [-0.2, 0) is 4.74 Å². The fourth-order valence-electron chi connectivity index (χ4n) is 1.80. The molecule has 1 fully saturated rings. The topological polar surface area (TPSA) is 44.8 Å². The molecule has 110 valence electrons. The van der Waals surface area contributed by atoms with Gasteiger partial charge in [-0.15, -0.1) is 0 Å². The number of benzene rings is 1. The highest BCUT2D eigenvalue weighted by atomic mass is 35.6. The molecule has 1 atom stereocenters. The minimum atomic E-state index is -1.63. The maximum Gasteiger partial charge on any atom is 0.350 e. The Bertz CT molecular complexity index is 472. The van der Waals surface area contributed by atoms with Crippen molar-refractivity contribution in [3.05, 3.63) is 30.3 Å². The number of hydrogen-bond acceptors (Lipinski definition) is 4. The smallest absolute Gasteiger partial charge is 0.350 e. The zero-order valence-corrected chi connectivity index (χ0v) is 13.5. The molecule has 1 aliphatic heterocycles. The minimum Gasteiger partial charge on any atom is -0.381 e. The summed E-state index contributed by atoms with van der Waals surface area (Å²) in [4.78, 5) is 14.0. The molecule has 0 aromatic heterocycles. The van der Waals surface area contributed by atoms with E-state index in [1.165, 1.54) is 4.41 Å². The standard InChI is InChI=1S/C11H12Cl3N3O2S/c1-19-7-9-15-17(20-11(12,13)14)10(18)16(9)8-5-3-2-4-6-8/h2-6,9,15H,7H2,1H3. The van der Waals surface area contributed by atoms with Crippen molar-refractivity contribution < 1.29 is 9.53 Å². The van der Waals surface area contributed by atoms with Crippen LogP contribution < -0.4 is 10.3 Å². The van der Waals surface area contributed by atoms with Gasteiger partial charge in [-0.2, -0.15) is 9.84 Å². The number of hydrogen-bond donors (Lipinski definition) is 1. The number of para-hydroxylation sites is 1. The zero-order chi connectivity index (χ0) is 14.8. The molecule has 1 N–H and O–H groups in total. The van der Waals surface area contributed by atoms with E-state index < -0.39 is 3.12 Å². The normalized spacial score (nSPS) is 19.8. The van der Waals surface area contributed by atoms with Gasteiger partial charge in [-0.1, -0.05) is 53.0 Å². The molecule has 20 heavy (non-hydrogen) atoms. The van der Waals surface area contributed by atoms with Crippen molar-refractivity contribution in [3.63, 3.8) is 0 Å². The van der Waals surface area contributed by atoms with Crippen LogP contribution in [0.5, 0.6) is 0 Å². The lowest BCUT2D eigenvalue weighted by Gasteiger charge is -2.21. The molecule has 0 aliphatic carbocycles. The van der Waals surface area contributed by atoms with Gasteiger partial charge in [0.15, 0.2) is 0 Å². The molecular weight excluding hydrogens is 345 g/mol. The first-order valence-corrected chi connectivity index (χ1v) is 7.52. The molecule has 9 heteroatoms. The lowest BCUT2D eigenvalue weighted by molar-refractivity contribution is 0.166. The highest BCUT2D eigenvalue weighted by Gasteiger charge is 2.42. The molecule has 1 aliphatic rings. The summed E-state index contributed by atoms with van der Waals surface area (Å²) < 4.78 is 4.68. The molecule has 1 heterocycles. The van der Waals surface area contributed by atoms with Gasteiger partial charge in [0.2, 0.25) is 0 Å². The number of carbonyl (C=O) groups is 1. The number of alkyl halides is 3. The summed E-state index contributed by atoms with van der Waals surface area (Å²) in [7, 11) is 1.56. The molecule has 0 saturated carbocycles. The van der Waals surface area contributed by atoms with Gasteiger partial charge >= 0.3 is 6.03 Å². The first kappa shape index (κ1) is 16.0. The van der Waals surface area contributed by atoms with E-state index in [2.05, 4.69) is 5.43 Å². The van der Waals surface area contributed by atoms with Gasteiger partial charge in [-0.25, -0.2) is 4.79 Å². The molecule has 0 spiro atoms. The second-order valence-electron chi connectivity index (χ2n) is 3.92. The summed E-state index contributed by atoms with van der Waals surface area (Å²) in [5, 5.41) is 0. The van der Waals surface area contributed by atoms with E-state index in [4.69, 9.17) is 39.5 Å². The number of carbonyl (C=O) groups excluding carboxylic acids is 1. The average Bonchev–Trinajstić information content (AvgIpc) is 2.65. The first-order chi connectivity index (χ1) is 9.42. The number of ether oxygens (including phenoxy) is 1. The molecule has 2 amide bonds. The van der Waals surface area contributed by atoms with E-state index in [9.17, 15) is 4.79 Å². The number of hydrazine groups is 1. The Labute approximate surface area is 136 Å². The number of nitrogens with one attached hydrogen (secondary N) is 1. The van der Waals surface area contributed by atoms with Crippen LogP contribution in [0.3, 0.4) is 0 Å². The van der Waals surface area contributed by atoms with Crippen LogP contribution in [0.15, 0.2) is 30.3 Å². The molecule has 0 bridgehead atoms. The predicted molar refractivity (Wildman–Crippen MR) is 82.8 cm³/mol. The number of nitrogens with zero attached hydrogens (tertiary/aromatic N) is 2. The van der Waals surface area contributed by atoms with Crippen LogP contribution in [0.1, 0.15) is 0 Å². The number of methoxy groups -OCH3 is 1. The summed E-state index contributed by atoms with van der Waals surface area (Å²) in [5.74, 6) is 0. The number of halogens is 3. The van der Waals surface area contributed by atoms with E-state index in [0.717, 1.165) is 17.6 Å². The van der Waals surface area contributed by atoms with Crippen molar-refractivity contribution in [2.24, 2.45) is 0 Å². The van der Waals surface area contributed by atoms with Crippen LogP contribution >= 0.6 is 46.8 Å². The lowest BCUT2D eigenvalue weighted by atomic mass is 10.3. The summed E-state index contributed by atoms with van der Waals surface area (Å²) in [6.45, 7) is 0.303. The Morgan fingerprint density at radius 2 is 2.00 bits per heavy atom. The number of amides is 2. The number of rotatable bonds is 4. The fourth-order valence-corrected chi connectivity index (χ4v) is 2.97. The van der Waals surface area contributed by atoms with Crippen molar-refractivity contribution in [2.45, 2.75) is 9.29 Å². The monoisotopic (exact) mass is 355 g/mol. The SMILES string of the molecule is COCC1NN(SC(Cl)(Cl)Cl)C(=O)N1c1ccccc1. The molecule has 1 aromatic carbocycles. The molecule has 1 unspecified atom stereocenters. The van der Waals surface area contributed by atoms with Gasteiger partial charge in [0.1, 0.15) is 6.17 Å². The van der Waals surface area contributed by atoms with Crippen LogP contribution in [0.4, 0.5) is 10.5 Å². The lowest BCUT2D eigenvalue weighted by Crippen LogP contribution is -2.41. The third kappa shape index (κ3) is 3.84. The Balaban J connectivity index is 2.22. The van der Waals surface area contributed by atoms with E-state index in [-0.39, 0.29) is 12.2 Å². The Morgan fingerprint density at radius 3 is 2.55 bits per heavy atom. The van der Waals surface area contributed by atoms with Crippen LogP contribution in [-0.4, -0.2) is 33.5 Å². The zero-order valence-electron chi connectivity index (χ0n) is 10.4. The summed E-state index contributed by atoms with van der Waals surface area (Å²) in [6.07, 6.45) is -0.366. The van der Waals surface area contributed by atoms with Crippen LogP contribution in [0.25, 0.3) is 0 Å². The molecule has 1 saturated heterocycles. The third-order valence-electron chi connectivity index (χ3n) is 2.51. The van der Waals surface area contributed by atoms with Gasteiger partial charge in [-0.05, 0) is 12.1 Å². The number of urea groups is 1. The average molecular weight is 357 g/mol. The van der Waals surface area contributed by atoms with E-state index in [1.807, 2.05) is 30.3 Å². The predicted octanol–water partition coefficient (Wildman–Crippen LogP) is 3.38. The molecule has 1 aromatic rings. The Morgan fingerprint density at radius 1 is 1.35 bits per heavy atom.